The van der Waals surface area contributed by atoms with Crippen LogP contribution in [0.15, 0.2) is 23.1 Å². The number of hydrogen-bond donors (Lipinski definition) is 1. The Bertz CT molecular complexity index is 796. The molecule has 1 aromatic carbocycles. The van der Waals surface area contributed by atoms with Gasteiger partial charge in [-0.15, -0.1) is 0 Å². The standard InChI is InChI=1S/C13H13N3O/c1-7-4-8(2)11-10(5-7)14-6-9-12(11)15-16(3)13(9)17/h4-6,15H,1-3H3. The van der Waals surface area contributed by atoms with Crippen molar-refractivity contribution in [2.24, 2.45) is 7.05 Å². The zero-order valence-corrected chi connectivity index (χ0v) is 10.0. The zero-order chi connectivity index (χ0) is 12.2. The summed E-state index contributed by atoms with van der Waals surface area (Å²) < 4.78 is 1.49. The molecule has 2 heterocycles. The van der Waals surface area contributed by atoms with Gasteiger partial charge in [0.25, 0.3) is 5.56 Å². The molecule has 0 aliphatic rings. The van der Waals surface area contributed by atoms with Crippen LogP contribution in [0.2, 0.25) is 0 Å². The molecule has 4 heteroatoms. The fourth-order valence-corrected chi connectivity index (χ4v) is 2.38. The van der Waals surface area contributed by atoms with Gasteiger partial charge in [0.2, 0.25) is 0 Å². The molecule has 0 bridgehead atoms. The molecule has 3 aromatic rings. The average molecular weight is 227 g/mol. The number of H-pyrrole nitrogens is 1. The summed E-state index contributed by atoms with van der Waals surface area (Å²) in [6.07, 6.45) is 1.65. The topological polar surface area (TPSA) is 50.7 Å². The Balaban J connectivity index is 2.64. The lowest BCUT2D eigenvalue weighted by molar-refractivity contribution is 0.751. The molecule has 0 saturated carbocycles. The number of fused-ring (bicyclic) bond motifs is 3. The lowest BCUT2D eigenvalue weighted by atomic mass is 10.0. The minimum Gasteiger partial charge on any atom is -0.294 e. The van der Waals surface area contributed by atoms with Crippen molar-refractivity contribution in [1.82, 2.24) is 14.8 Å². The number of pyridine rings is 1. The van der Waals surface area contributed by atoms with Crippen molar-refractivity contribution >= 4 is 21.8 Å². The minimum absolute atomic E-state index is 0.0330. The van der Waals surface area contributed by atoms with E-state index in [1.54, 1.807) is 13.2 Å². The maximum atomic E-state index is 11.8. The van der Waals surface area contributed by atoms with Gasteiger partial charge in [-0.3, -0.25) is 19.6 Å². The molecule has 0 radical (unpaired) electrons. The van der Waals surface area contributed by atoms with E-state index in [0.29, 0.717) is 5.39 Å². The second-order valence-corrected chi connectivity index (χ2v) is 4.50. The second-order valence-electron chi connectivity index (χ2n) is 4.50. The van der Waals surface area contributed by atoms with E-state index >= 15 is 0 Å². The summed E-state index contributed by atoms with van der Waals surface area (Å²) in [5.41, 5.74) is 4.09. The van der Waals surface area contributed by atoms with Crippen LogP contribution < -0.4 is 5.56 Å². The lowest BCUT2D eigenvalue weighted by Gasteiger charge is -2.04. The molecule has 0 amide bonds. The first-order valence-electron chi connectivity index (χ1n) is 5.52. The van der Waals surface area contributed by atoms with Gasteiger partial charge in [-0.1, -0.05) is 6.07 Å². The third-order valence-corrected chi connectivity index (χ3v) is 3.13. The quantitative estimate of drug-likeness (QED) is 0.639. The van der Waals surface area contributed by atoms with Gasteiger partial charge in [0, 0.05) is 18.6 Å². The third-order valence-electron chi connectivity index (χ3n) is 3.13. The molecule has 0 unspecified atom stereocenters. The van der Waals surface area contributed by atoms with Crippen LogP contribution in [-0.4, -0.2) is 14.8 Å². The number of nitrogens with one attached hydrogen (secondary N) is 1. The Morgan fingerprint density at radius 1 is 1.29 bits per heavy atom. The summed E-state index contributed by atoms with van der Waals surface area (Å²) in [5, 5.41) is 4.77. The van der Waals surface area contributed by atoms with Gasteiger partial charge in [0.15, 0.2) is 0 Å². The highest BCUT2D eigenvalue weighted by Gasteiger charge is 2.10. The van der Waals surface area contributed by atoms with E-state index in [2.05, 4.69) is 16.1 Å². The van der Waals surface area contributed by atoms with Gasteiger partial charge in [-0.05, 0) is 31.0 Å². The summed E-state index contributed by atoms with van der Waals surface area (Å²) in [5.74, 6) is 0. The number of benzene rings is 1. The van der Waals surface area contributed by atoms with Gasteiger partial charge >= 0.3 is 0 Å². The molecule has 0 fully saturated rings. The van der Waals surface area contributed by atoms with E-state index in [1.165, 1.54) is 10.2 Å². The minimum atomic E-state index is -0.0330. The number of nitrogens with zero attached hydrogens (tertiary/aromatic N) is 2. The number of hydrogen-bond acceptors (Lipinski definition) is 2. The summed E-state index contributed by atoms with van der Waals surface area (Å²) in [7, 11) is 1.72. The molecule has 0 saturated heterocycles. The van der Waals surface area contributed by atoms with Crippen LogP contribution in [0.1, 0.15) is 11.1 Å². The van der Waals surface area contributed by atoms with E-state index in [9.17, 15) is 4.79 Å². The molecule has 3 rings (SSSR count). The van der Waals surface area contributed by atoms with Gasteiger partial charge in [-0.2, -0.15) is 0 Å². The average Bonchev–Trinajstić information content (AvgIpc) is 2.54. The molecule has 86 valence electrons. The normalized spacial score (nSPS) is 11.5. The molecular formula is C13H13N3O. The van der Waals surface area contributed by atoms with Crippen LogP contribution in [0.3, 0.4) is 0 Å². The van der Waals surface area contributed by atoms with E-state index < -0.39 is 0 Å². The van der Waals surface area contributed by atoms with Crippen molar-refractivity contribution in [3.63, 3.8) is 0 Å². The highest BCUT2D eigenvalue weighted by atomic mass is 16.1. The molecular weight excluding hydrogens is 214 g/mol. The number of aryl methyl sites for hydroxylation is 3. The van der Waals surface area contributed by atoms with Crippen molar-refractivity contribution in [3.05, 3.63) is 39.8 Å². The predicted molar refractivity (Wildman–Crippen MR) is 68.3 cm³/mol. The summed E-state index contributed by atoms with van der Waals surface area (Å²) in [6, 6.07) is 4.14. The van der Waals surface area contributed by atoms with Crippen LogP contribution >= 0.6 is 0 Å². The first-order valence-corrected chi connectivity index (χ1v) is 5.52. The molecule has 0 aliphatic heterocycles. The molecule has 4 nitrogen and oxygen atoms in total. The first kappa shape index (κ1) is 10.1. The van der Waals surface area contributed by atoms with E-state index in [4.69, 9.17) is 0 Å². The van der Waals surface area contributed by atoms with Crippen LogP contribution in [0.5, 0.6) is 0 Å². The van der Waals surface area contributed by atoms with Crippen molar-refractivity contribution in [3.8, 4) is 0 Å². The smallest absolute Gasteiger partial charge is 0.275 e. The fraction of sp³-hybridized carbons (Fsp3) is 0.231. The highest BCUT2D eigenvalue weighted by molar-refractivity contribution is 6.04. The van der Waals surface area contributed by atoms with Crippen LogP contribution in [0.25, 0.3) is 21.8 Å². The maximum Gasteiger partial charge on any atom is 0.275 e. The van der Waals surface area contributed by atoms with Crippen molar-refractivity contribution < 1.29 is 0 Å². The Hall–Kier alpha value is -2.10. The van der Waals surface area contributed by atoms with Crippen LogP contribution in [0, 0.1) is 13.8 Å². The molecule has 1 N–H and O–H groups in total. The third kappa shape index (κ3) is 1.30. The fourth-order valence-electron chi connectivity index (χ4n) is 2.38. The molecule has 0 atom stereocenters. The Labute approximate surface area is 97.9 Å². The van der Waals surface area contributed by atoms with E-state index in [-0.39, 0.29) is 5.56 Å². The van der Waals surface area contributed by atoms with Crippen molar-refractivity contribution in [2.75, 3.05) is 0 Å². The van der Waals surface area contributed by atoms with E-state index in [1.807, 2.05) is 19.9 Å². The molecule has 0 aliphatic carbocycles. The zero-order valence-electron chi connectivity index (χ0n) is 10.0. The van der Waals surface area contributed by atoms with Crippen molar-refractivity contribution in [2.45, 2.75) is 13.8 Å². The monoisotopic (exact) mass is 227 g/mol. The number of aromatic amines is 1. The van der Waals surface area contributed by atoms with Gasteiger partial charge < -0.3 is 0 Å². The molecule has 17 heavy (non-hydrogen) atoms. The Morgan fingerprint density at radius 3 is 2.82 bits per heavy atom. The number of rotatable bonds is 0. The first-order chi connectivity index (χ1) is 8.08. The lowest BCUT2D eigenvalue weighted by Crippen LogP contribution is -2.11. The Kier molecular flexibility index (Phi) is 1.90. The van der Waals surface area contributed by atoms with Gasteiger partial charge in [-0.25, -0.2) is 0 Å². The van der Waals surface area contributed by atoms with E-state index in [0.717, 1.165) is 22.0 Å². The maximum absolute atomic E-state index is 11.8. The summed E-state index contributed by atoms with van der Waals surface area (Å²) >= 11 is 0. The van der Waals surface area contributed by atoms with Crippen LogP contribution in [-0.2, 0) is 7.05 Å². The summed E-state index contributed by atoms with van der Waals surface area (Å²) in [4.78, 5) is 16.2. The number of aromatic nitrogens is 3. The predicted octanol–water partition coefficient (Wildman–Crippen LogP) is 2.03. The van der Waals surface area contributed by atoms with Gasteiger partial charge in [0.1, 0.15) is 0 Å². The van der Waals surface area contributed by atoms with Crippen molar-refractivity contribution in [1.29, 1.82) is 0 Å². The molecule has 0 spiro atoms. The second kappa shape index (κ2) is 3.20. The van der Waals surface area contributed by atoms with Gasteiger partial charge in [0.05, 0.1) is 16.4 Å². The Morgan fingerprint density at radius 2 is 2.06 bits per heavy atom. The largest absolute Gasteiger partial charge is 0.294 e. The van der Waals surface area contributed by atoms with Crippen LogP contribution in [0.4, 0.5) is 0 Å². The SMILES string of the molecule is Cc1cc(C)c2c(c1)ncc1c(=O)n(C)[nH]c12. The molecule has 2 aromatic heterocycles. The highest BCUT2D eigenvalue weighted by Crippen LogP contribution is 2.24. The summed E-state index contributed by atoms with van der Waals surface area (Å²) in [6.45, 7) is 4.09.